The number of rotatable bonds is 3. The quantitative estimate of drug-likeness (QED) is 0.687. The number of imide groups is 1. The van der Waals surface area contributed by atoms with Crippen LogP contribution in [0.5, 0.6) is 0 Å². The average molecular weight is 340 g/mol. The lowest BCUT2D eigenvalue weighted by molar-refractivity contribution is -0.129. The first-order valence-electron chi connectivity index (χ1n) is 7.69. The third-order valence-electron chi connectivity index (χ3n) is 4.42. The van der Waals surface area contributed by atoms with Crippen LogP contribution < -0.4 is 10.4 Å². The molecule has 0 saturated carbocycles. The Hall–Kier alpha value is -2.31. The molecule has 1 N–H and O–H groups in total. The maximum atomic E-state index is 12.3. The molecule has 0 radical (unpaired) electrons. The lowest BCUT2D eigenvalue weighted by Crippen LogP contribution is -2.33. The molecule has 2 aromatic carbocycles. The van der Waals surface area contributed by atoms with E-state index in [9.17, 15) is 9.59 Å². The average Bonchev–Trinajstić information content (AvgIpc) is 3.14. The van der Waals surface area contributed by atoms with E-state index in [0.717, 1.165) is 16.1 Å². The lowest BCUT2D eigenvalue weighted by atomic mass is 9.90. The monoisotopic (exact) mass is 340 g/mol. The summed E-state index contributed by atoms with van der Waals surface area (Å²) in [5, 5.41) is 4.07. The molecule has 0 aliphatic carbocycles. The summed E-state index contributed by atoms with van der Waals surface area (Å²) in [5.74, 6) is -1.19. The minimum Gasteiger partial charge on any atom is -0.294 e. The Morgan fingerprint density at radius 2 is 1.71 bits per heavy atom. The number of hydrogen-bond donors (Lipinski definition) is 1. The number of nitrogens with zero attached hydrogens (tertiary/aromatic N) is 1. The van der Waals surface area contributed by atoms with E-state index in [2.05, 4.69) is 5.32 Å². The summed E-state index contributed by atoms with van der Waals surface area (Å²) in [6.45, 7) is 0. The van der Waals surface area contributed by atoms with Gasteiger partial charge in [-0.2, -0.15) is 0 Å². The van der Waals surface area contributed by atoms with Crippen molar-refractivity contribution in [2.75, 3.05) is 11.3 Å². The third kappa shape index (κ3) is 2.39. The maximum Gasteiger partial charge on any atom is 0.259 e. The number of hydrogen-bond acceptors (Lipinski definition) is 5. The standard InChI is InChI=1S/C18H16N2O3S/c1-24-13-9-7-11(8-10-13)15-14-16(18(22)19-17(14)21)23-20(15)12-5-3-2-4-6-12/h2-10,14-16H,1H3,(H,19,21,22)/t14-,15-,16-/m1/s1. The van der Waals surface area contributed by atoms with E-state index in [4.69, 9.17) is 4.84 Å². The zero-order chi connectivity index (χ0) is 16.7. The molecule has 2 aliphatic rings. The van der Waals surface area contributed by atoms with Crippen LogP contribution in [0.1, 0.15) is 11.6 Å². The highest BCUT2D eigenvalue weighted by atomic mass is 32.2. The van der Waals surface area contributed by atoms with E-state index in [1.165, 1.54) is 0 Å². The first-order valence-corrected chi connectivity index (χ1v) is 8.91. The summed E-state index contributed by atoms with van der Waals surface area (Å²) in [7, 11) is 0. The molecular weight excluding hydrogens is 324 g/mol. The third-order valence-corrected chi connectivity index (χ3v) is 5.17. The summed E-state index contributed by atoms with van der Waals surface area (Å²) in [6, 6.07) is 17.2. The molecule has 2 fully saturated rings. The second-order valence-electron chi connectivity index (χ2n) is 5.78. The predicted molar refractivity (Wildman–Crippen MR) is 91.4 cm³/mol. The molecule has 122 valence electrons. The Morgan fingerprint density at radius 3 is 2.38 bits per heavy atom. The summed E-state index contributed by atoms with van der Waals surface area (Å²) in [6.07, 6.45) is 1.24. The van der Waals surface area contributed by atoms with Crippen molar-refractivity contribution in [3.63, 3.8) is 0 Å². The Balaban J connectivity index is 1.78. The van der Waals surface area contributed by atoms with Gasteiger partial charge < -0.3 is 0 Å². The van der Waals surface area contributed by atoms with E-state index in [-0.39, 0.29) is 17.9 Å². The van der Waals surface area contributed by atoms with Crippen molar-refractivity contribution in [1.82, 2.24) is 5.32 Å². The second kappa shape index (κ2) is 5.96. The van der Waals surface area contributed by atoms with Crippen LogP contribution in [0.4, 0.5) is 5.69 Å². The molecule has 0 spiro atoms. The summed E-state index contributed by atoms with van der Waals surface area (Å²) >= 11 is 1.66. The zero-order valence-corrected chi connectivity index (χ0v) is 13.8. The highest BCUT2D eigenvalue weighted by Crippen LogP contribution is 2.44. The number of hydroxylamine groups is 1. The Bertz CT molecular complexity index is 779. The number of anilines is 1. The van der Waals surface area contributed by atoms with Gasteiger partial charge in [0, 0.05) is 4.90 Å². The Kier molecular flexibility index (Phi) is 3.78. The molecule has 2 heterocycles. The molecule has 0 aromatic heterocycles. The highest BCUT2D eigenvalue weighted by Gasteiger charge is 2.56. The van der Waals surface area contributed by atoms with Gasteiger partial charge in [0.1, 0.15) is 5.92 Å². The fraction of sp³-hybridized carbons (Fsp3) is 0.222. The number of para-hydroxylation sites is 1. The van der Waals surface area contributed by atoms with Crippen LogP contribution >= 0.6 is 11.8 Å². The minimum absolute atomic E-state index is 0.276. The topological polar surface area (TPSA) is 58.6 Å². The molecule has 5 nitrogen and oxygen atoms in total. The first kappa shape index (κ1) is 15.2. The molecule has 2 aliphatic heterocycles. The van der Waals surface area contributed by atoms with E-state index in [1.807, 2.05) is 60.9 Å². The number of carbonyl (C=O) groups is 2. The van der Waals surface area contributed by atoms with Gasteiger partial charge in [-0.1, -0.05) is 30.3 Å². The van der Waals surface area contributed by atoms with Gasteiger partial charge >= 0.3 is 0 Å². The molecule has 2 aromatic rings. The van der Waals surface area contributed by atoms with Crippen molar-refractivity contribution in [3.8, 4) is 0 Å². The van der Waals surface area contributed by atoms with Crippen LogP contribution in [0.3, 0.4) is 0 Å². The lowest BCUT2D eigenvalue weighted by Gasteiger charge is -2.27. The minimum atomic E-state index is -0.775. The fourth-order valence-electron chi connectivity index (χ4n) is 3.27. The molecule has 0 unspecified atom stereocenters. The molecule has 4 rings (SSSR count). The van der Waals surface area contributed by atoms with Crippen molar-refractivity contribution < 1.29 is 14.4 Å². The predicted octanol–water partition coefficient (Wildman–Crippen LogP) is 2.54. The number of amides is 2. The molecule has 0 bridgehead atoms. The van der Waals surface area contributed by atoms with Crippen LogP contribution in [0.15, 0.2) is 59.5 Å². The maximum absolute atomic E-state index is 12.3. The van der Waals surface area contributed by atoms with Gasteiger partial charge in [-0.05, 0) is 36.1 Å². The van der Waals surface area contributed by atoms with Gasteiger partial charge in [0.05, 0.1) is 11.7 Å². The summed E-state index contributed by atoms with van der Waals surface area (Å²) in [5.41, 5.74) is 1.78. The van der Waals surface area contributed by atoms with Gasteiger partial charge in [0.15, 0.2) is 6.10 Å². The number of benzene rings is 2. The molecular formula is C18H16N2O3S. The van der Waals surface area contributed by atoms with Gasteiger partial charge in [0.25, 0.3) is 5.91 Å². The Morgan fingerprint density at radius 1 is 1.00 bits per heavy atom. The van der Waals surface area contributed by atoms with Crippen LogP contribution in [-0.2, 0) is 14.4 Å². The fourth-order valence-corrected chi connectivity index (χ4v) is 3.68. The van der Waals surface area contributed by atoms with Crippen molar-refractivity contribution in [3.05, 3.63) is 60.2 Å². The van der Waals surface area contributed by atoms with E-state index >= 15 is 0 Å². The first-order chi connectivity index (χ1) is 11.7. The van der Waals surface area contributed by atoms with Crippen LogP contribution in [0.2, 0.25) is 0 Å². The number of fused-ring (bicyclic) bond motifs is 1. The van der Waals surface area contributed by atoms with Gasteiger partial charge in [-0.3, -0.25) is 19.7 Å². The van der Waals surface area contributed by atoms with E-state index < -0.39 is 12.0 Å². The van der Waals surface area contributed by atoms with Crippen molar-refractivity contribution in [2.45, 2.75) is 17.0 Å². The molecule has 24 heavy (non-hydrogen) atoms. The SMILES string of the molecule is CSc1ccc([C@@H]2[C@H]3C(=O)NC(=O)[C@@H]3ON2c2ccccc2)cc1. The van der Waals surface area contributed by atoms with Crippen molar-refractivity contribution in [2.24, 2.45) is 5.92 Å². The van der Waals surface area contributed by atoms with E-state index in [1.54, 1.807) is 16.8 Å². The van der Waals surface area contributed by atoms with Crippen LogP contribution in [0, 0.1) is 5.92 Å². The van der Waals surface area contributed by atoms with Gasteiger partial charge in [0.2, 0.25) is 5.91 Å². The number of nitrogens with one attached hydrogen (secondary N) is 1. The van der Waals surface area contributed by atoms with Crippen LogP contribution in [-0.4, -0.2) is 24.2 Å². The number of thioether (sulfide) groups is 1. The summed E-state index contributed by atoms with van der Waals surface area (Å²) < 4.78 is 0. The highest BCUT2D eigenvalue weighted by molar-refractivity contribution is 7.98. The zero-order valence-electron chi connectivity index (χ0n) is 13.0. The molecule has 6 heteroatoms. The van der Waals surface area contributed by atoms with Crippen molar-refractivity contribution in [1.29, 1.82) is 0 Å². The second-order valence-corrected chi connectivity index (χ2v) is 6.66. The molecule has 2 amide bonds. The largest absolute Gasteiger partial charge is 0.294 e. The molecule has 3 atom stereocenters. The smallest absolute Gasteiger partial charge is 0.259 e. The number of carbonyl (C=O) groups excluding carboxylic acids is 2. The summed E-state index contributed by atoms with van der Waals surface area (Å²) in [4.78, 5) is 31.4. The normalized spacial score (nSPS) is 25.7. The van der Waals surface area contributed by atoms with Gasteiger partial charge in [-0.15, -0.1) is 11.8 Å². The van der Waals surface area contributed by atoms with Gasteiger partial charge in [-0.25, -0.2) is 5.06 Å². The molecule has 2 saturated heterocycles. The van der Waals surface area contributed by atoms with Crippen molar-refractivity contribution >= 4 is 29.3 Å². The Labute approximate surface area is 143 Å². The van der Waals surface area contributed by atoms with E-state index in [0.29, 0.717) is 0 Å². The van der Waals surface area contributed by atoms with Crippen LogP contribution in [0.25, 0.3) is 0 Å².